The van der Waals surface area contributed by atoms with Gasteiger partial charge in [-0.25, -0.2) is 15.0 Å². The number of anilines is 6. The molecule has 0 amide bonds. The fourth-order valence-corrected chi connectivity index (χ4v) is 14.7. The van der Waals surface area contributed by atoms with Crippen LogP contribution in [-0.2, 0) is 62.6 Å². The molecule has 0 saturated carbocycles. The molecule has 0 radical (unpaired) electrons. The van der Waals surface area contributed by atoms with Gasteiger partial charge in [0.2, 0.25) is 0 Å². The second-order valence-corrected chi connectivity index (χ2v) is 45.6. The van der Waals surface area contributed by atoms with Gasteiger partial charge in [-0.3, -0.25) is 9.88 Å². The molecule has 12 nitrogen and oxygen atoms in total. The molecule has 2 aliphatic rings. The Morgan fingerprint density at radius 2 is 0.952 bits per heavy atom. The summed E-state index contributed by atoms with van der Waals surface area (Å²) >= 11 is -0.556. The number of aryl methyl sites for hydroxylation is 2. The number of aromatic nitrogens is 8. The normalized spacial score (nSPS) is 13.3. The molecule has 0 atom stereocenters. The van der Waals surface area contributed by atoms with Crippen molar-refractivity contribution >= 4 is 201 Å². The number of fused-ring (bicyclic) bond motifs is 12. The summed E-state index contributed by atoms with van der Waals surface area (Å²) in [6.07, 6.45) is 3.72. The summed E-state index contributed by atoms with van der Waals surface area (Å²) in [6, 6.07) is 93.6. The minimum Gasteiger partial charge on any atom is 2.00 e. The molecule has 10 aromatic carbocycles. The maximum atomic E-state index is 8.07. The van der Waals surface area contributed by atoms with E-state index in [1.165, 1.54) is 107 Å². The summed E-state index contributed by atoms with van der Waals surface area (Å²) in [7, 11) is 24.2. The monoisotopic (exact) mass is 1860 g/mol. The third kappa shape index (κ3) is 14.8. The summed E-state index contributed by atoms with van der Waals surface area (Å²) < 4.78 is 13.8. The molecular formula is C84H70Cl4K2N10O2Pt2. The van der Waals surface area contributed by atoms with Crippen LogP contribution in [-0.4, -0.2) is 126 Å². The molecule has 2 aliphatic heterocycles. The quantitative estimate of drug-likeness (QED) is 0.0865. The van der Waals surface area contributed by atoms with Crippen LogP contribution in [0.5, 0.6) is 0 Å². The molecule has 0 fully saturated rings. The van der Waals surface area contributed by atoms with Crippen molar-refractivity contribution in [1.82, 2.24) is 38.2 Å². The standard InChI is InChI=1S/C40H31N5.C40H29N5.C4H10O2.4ClH.2K.2Pt/c2*1-40(2)30-13-5-8-16-34(30)45(38-18-10-11-23-41-38)37-25-27(20-22-31(37)40)44-33-15-7-4-12-28(33)29-21-19-26(24-36(29)44)39-42-32-14-6-9-17-35(32)43(39)3;1-2-6-4-3-5;;;;;;;;/h4-25H,1-3H3;4-23H,1-3H3;5H,2-4H2,1H3;4*1H;;;;/q;-2;;;;;;;;+2;+4/p-4. The fourth-order valence-electron chi connectivity index (χ4n) is 14.7. The molecule has 518 valence electrons. The first-order chi connectivity index (χ1) is 49.9. The molecule has 1 N–H and O–H groups in total. The fraction of sp³-hybridized carbons (Fsp3) is 0.143. The maximum Gasteiger partial charge on any atom is 2.00 e. The number of nitrogens with zero attached hydrogens (tertiary/aromatic N) is 10. The van der Waals surface area contributed by atoms with E-state index >= 15 is 0 Å². The number of para-hydroxylation sites is 8. The Morgan fingerprint density at radius 1 is 0.471 bits per heavy atom. The van der Waals surface area contributed by atoms with Gasteiger partial charge in [-0.2, -0.15) is 6.07 Å². The van der Waals surface area contributed by atoms with Crippen molar-refractivity contribution < 1.29 is 42.8 Å². The smallest absolute Gasteiger partial charge is 2.00 e. The zero-order valence-corrected chi connectivity index (χ0v) is 72.7. The molecule has 0 spiro atoms. The third-order valence-corrected chi connectivity index (χ3v) is 19.4. The van der Waals surface area contributed by atoms with Gasteiger partial charge in [0.1, 0.15) is 17.5 Å². The first-order valence-electron chi connectivity index (χ1n) is 34.2. The first kappa shape index (κ1) is 76.6. The Labute approximate surface area is 684 Å². The van der Waals surface area contributed by atoms with Crippen molar-refractivity contribution in [3.8, 4) is 34.2 Å². The van der Waals surface area contributed by atoms with Crippen LogP contribution in [0.2, 0.25) is 0 Å². The molecule has 0 bridgehead atoms. The van der Waals surface area contributed by atoms with Crippen LogP contribution in [0.25, 0.3) is 99.8 Å². The third-order valence-electron chi connectivity index (χ3n) is 19.4. The average molecular weight is 1860 g/mol. The van der Waals surface area contributed by atoms with E-state index in [0.29, 0.717) is 13.2 Å². The van der Waals surface area contributed by atoms with E-state index in [1.807, 2.05) is 49.6 Å². The van der Waals surface area contributed by atoms with Crippen LogP contribution >= 0.6 is 37.7 Å². The van der Waals surface area contributed by atoms with E-state index in [9.17, 15) is 0 Å². The van der Waals surface area contributed by atoms with Crippen LogP contribution in [0.15, 0.2) is 255 Å². The van der Waals surface area contributed by atoms with Crippen molar-refractivity contribution in [2.45, 2.75) is 45.4 Å². The summed E-state index contributed by atoms with van der Waals surface area (Å²) in [5, 5.41) is 12.8. The number of pyridine rings is 2. The Kier molecular flexibility index (Phi) is 24.1. The summed E-state index contributed by atoms with van der Waals surface area (Å²) in [6.45, 7) is 12.4. The van der Waals surface area contributed by atoms with Crippen LogP contribution in [0.4, 0.5) is 34.4 Å². The van der Waals surface area contributed by atoms with Crippen molar-refractivity contribution in [3.63, 3.8) is 0 Å². The molecule has 0 unspecified atom stereocenters. The molecule has 6 aromatic heterocycles. The van der Waals surface area contributed by atoms with Gasteiger partial charge in [-0.15, -0.1) is 41.5 Å². The van der Waals surface area contributed by atoms with Crippen LogP contribution in [0.3, 0.4) is 0 Å². The molecule has 20 heteroatoms. The number of aliphatic hydroxyl groups is 1. The van der Waals surface area contributed by atoms with Gasteiger partial charge in [0.05, 0.1) is 63.5 Å². The summed E-state index contributed by atoms with van der Waals surface area (Å²) in [5.41, 5.74) is 21.8. The number of benzene rings is 10. The van der Waals surface area contributed by atoms with Crippen molar-refractivity contribution in [2.75, 3.05) is 29.6 Å². The molecule has 104 heavy (non-hydrogen) atoms. The van der Waals surface area contributed by atoms with Gasteiger partial charge in [0.15, 0.2) is 0 Å². The average Bonchev–Trinajstić information content (AvgIpc) is 0.985. The summed E-state index contributed by atoms with van der Waals surface area (Å²) in [4.78, 5) is 24.2. The largest absolute Gasteiger partial charge is 2.00 e. The minimum atomic E-state index is -3.06. The van der Waals surface area contributed by atoms with E-state index in [-0.39, 0.29) is 38.5 Å². The molecule has 18 rings (SSSR count). The van der Waals surface area contributed by atoms with E-state index in [1.54, 1.807) is 0 Å². The number of hydrogen-bond donors (Lipinski definition) is 1. The molecule has 16 aromatic rings. The van der Waals surface area contributed by atoms with Gasteiger partial charge in [-0.1, -0.05) is 172 Å². The van der Waals surface area contributed by atoms with Gasteiger partial charge in [-0.05, 0) is 131 Å². The Morgan fingerprint density at radius 3 is 1.54 bits per heavy atom. The molecular weight excluding hydrogens is 1790 g/mol. The second kappa shape index (κ2) is 32.7. The van der Waals surface area contributed by atoms with Gasteiger partial charge >= 0.3 is 134 Å². The van der Waals surface area contributed by atoms with Crippen molar-refractivity contribution in [2.24, 2.45) is 14.1 Å². The van der Waals surface area contributed by atoms with E-state index in [0.717, 1.165) is 113 Å². The zero-order chi connectivity index (χ0) is 71.9. The maximum absolute atomic E-state index is 8.07. The van der Waals surface area contributed by atoms with Gasteiger partial charge < -0.3 is 33.0 Å². The minimum absolute atomic E-state index is 0. The van der Waals surface area contributed by atoms with E-state index < -0.39 is 11.9 Å². The predicted octanol–water partition coefficient (Wildman–Crippen LogP) is 21.3. The Bertz CT molecular complexity index is 5450. The van der Waals surface area contributed by atoms with Crippen LogP contribution in [0, 0.1) is 12.1 Å². The molecule has 0 aliphatic carbocycles. The van der Waals surface area contributed by atoms with E-state index in [4.69, 9.17) is 67.5 Å². The molecule has 8 heterocycles. The topological polar surface area (TPSA) is 107 Å². The number of halogens is 4. The van der Waals surface area contributed by atoms with Crippen molar-refractivity contribution in [3.05, 3.63) is 289 Å². The zero-order valence-electron chi connectivity index (χ0n) is 58.8. The van der Waals surface area contributed by atoms with E-state index in [2.05, 4.69) is 294 Å². The van der Waals surface area contributed by atoms with Gasteiger partial charge in [0, 0.05) is 71.7 Å². The number of hydrogen-bond acceptors (Lipinski definition) is 8. The van der Waals surface area contributed by atoms with Crippen LogP contribution in [0.1, 0.15) is 56.9 Å². The van der Waals surface area contributed by atoms with Gasteiger partial charge in [0.25, 0.3) is 0 Å². The summed E-state index contributed by atoms with van der Waals surface area (Å²) in [5.74, 6) is 3.63. The SMILES string of the molecule is CCOCCO.Cn1c(-c2[c-]c3c(cc2)c2ccccc2n3-c2[c-]c3c(cc2)C(C)(C)c2ccccc2N3c2ccccn2)nc2ccccc21.Cn1c(-c2ccc3c4ccccc4n(-c4ccc5c(c4)N(c4ccccn4)c4ccccc4C5(C)C)c3c2)nc2ccccc21.[Cl][Pt]([Cl])([Cl])[Cl].[K][K].[Pt+2]. The Balaban J connectivity index is 0.000000157. The second-order valence-electron chi connectivity index (χ2n) is 25.9. The molecule has 0 saturated heterocycles. The number of rotatable bonds is 9. The number of imidazole rings is 2. The Hall–Kier alpha value is -5.63. The van der Waals surface area contributed by atoms with Crippen LogP contribution < -0.4 is 9.80 Å². The number of aliphatic hydroxyl groups excluding tert-OH is 1. The predicted molar refractivity (Wildman–Crippen MR) is 426 cm³/mol. The number of ether oxygens (including phenoxy) is 1. The first-order valence-corrected chi connectivity index (χ1v) is 61.5. The van der Waals surface area contributed by atoms with Crippen molar-refractivity contribution in [1.29, 1.82) is 0 Å².